The monoisotopic (exact) mass is 321 g/mol. The number of esters is 1. The van der Waals surface area contributed by atoms with Gasteiger partial charge >= 0.3 is 5.97 Å². The molecule has 1 aromatic carbocycles. The molecular weight excluding hydrogens is 294 g/mol. The van der Waals surface area contributed by atoms with E-state index >= 15 is 0 Å². The maximum atomic E-state index is 12.6. The normalized spacial score (nSPS) is 19.9. The summed E-state index contributed by atoms with van der Waals surface area (Å²) in [6.45, 7) is 7.70. The molecule has 1 saturated heterocycles. The van der Waals surface area contributed by atoms with Crippen molar-refractivity contribution in [1.82, 2.24) is 5.32 Å². The molecule has 2 atom stereocenters. The van der Waals surface area contributed by atoms with Crippen LogP contribution in [0.5, 0.6) is 0 Å². The van der Waals surface area contributed by atoms with E-state index in [9.17, 15) is 4.79 Å². The number of rotatable bonds is 5. The second-order valence-corrected chi connectivity index (χ2v) is 7.83. The largest absolute Gasteiger partial charge is 0.460 e. The van der Waals surface area contributed by atoms with Crippen molar-refractivity contribution in [3.63, 3.8) is 0 Å². The Morgan fingerprint density at radius 3 is 2.82 bits per heavy atom. The third-order valence-electron chi connectivity index (χ3n) is 3.97. The van der Waals surface area contributed by atoms with Crippen LogP contribution in [0.25, 0.3) is 0 Å². The van der Waals surface area contributed by atoms with Crippen LogP contribution < -0.4 is 5.32 Å². The van der Waals surface area contributed by atoms with Crippen molar-refractivity contribution in [3.05, 3.63) is 29.8 Å². The molecule has 22 heavy (non-hydrogen) atoms. The maximum Gasteiger partial charge on any atom is 0.310 e. The van der Waals surface area contributed by atoms with E-state index in [1.165, 1.54) is 10.5 Å². The number of carbonyl (C=O) groups is 1. The summed E-state index contributed by atoms with van der Waals surface area (Å²) in [4.78, 5) is 13.9. The van der Waals surface area contributed by atoms with Crippen LogP contribution in [0.1, 0.15) is 32.8 Å². The zero-order valence-electron chi connectivity index (χ0n) is 14.0. The summed E-state index contributed by atoms with van der Waals surface area (Å²) < 4.78 is 5.67. The number of ether oxygens (including phenoxy) is 1. The van der Waals surface area contributed by atoms with Crippen molar-refractivity contribution < 1.29 is 9.53 Å². The number of nitrogens with one attached hydrogen (secondary N) is 1. The molecule has 0 radical (unpaired) electrons. The lowest BCUT2D eigenvalue weighted by atomic mass is 9.86. The topological polar surface area (TPSA) is 38.3 Å². The van der Waals surface area contributed by atoms with E-state index in [1.807, 2.05) is 20.8 Å². The fourth-order valence-corrected chi connectivity index (χ4v) is 3.38. The number of carbonyl (C=O) groups excluding carboxylic acids is 1. The van der Waals surface area contributed by atoms with Crippen LogP contribution in [0.4, 0.5) is 0 Å². The molecule has 0 aromatic heterocycles. The first kappa shape index (κ1) is 17.4. The van der Waals surface area contributed by atoms with Gasteiger partial charge in [0.25, 0.3) is 0 Å². The third kappa shape index (κ3) is 5.03. The Labute approximate surface area is 138 Å². The third-order valence-corrected chi connectivity index (χ3v) is 4.69. The SMILES string of the molecule is CSc1cccc(C[C@H](C(=O)OC(C)(C)C)[C@H]2CCNC2)c1. The quantitative estimate of drug-likeness (QED) is 0.665. The van der Waals surface area contributed by atoms with Crippen LogP contribution in [0, 0.1) is 11.8 Å². The highest BCUT2D eigenvalue weighted by Gasteiger charge is 2.33. The molecule has 3 nitrogen and oxygen atoms in total. The average Bonchev–Trinajstić information content (AvgIpc) is 2.97. The Balaban J connectivity index is 2.14. The Bertz CT molecular complexity index is 504. The number of hydrogen-bond acceptors (Lipinski definition) is 4. The van der Waals surface area contributed by atoms with Gasteiger partial charge in [-0.15, -0.1) is 11.8 Å². The Morgan fingerprint density at radius 1 is 1.45 bits per heavy atom. The molecule has 1 aliphatic rings. The molecule has 1 N–H and O–H groups in total. The number of benzene rings is 1. The van der Waals surface area contributed by atoms with E-state index in [0.29, 0.717) is 5.92 Å². The second-order valence-electron chi connectivity index (χ2n) is 6.95. The van der Waals surface area contributed by atoms with Crippen LogP contribution in [0.3, 0.4) is 0 Å². The highest BCUT2D eigenvalue weighted by Crippen LogP contribution is 2.27. The molecule has 0 unspecified atom stereocenters. The first-order valence-electron chi connectivity index (χ1n) is 7.95. The standard InChI is InChI=1S/C18H27NO2S/c1-18(2,3)21-17(20)16(14-8-9-19-12-14)11-13-6-5-7-15(10-13)22-4/h5-7,10,14,16,19H,8-9,11-12H2,1-4H3/t14-,16-/m0/s1. The fraction of sp³-hybridized carbons (Fsp3) is 0.611. The molecule has 122 valence electrons. The smallest absolute Gasteiger partial charge is 0.310 e. The van der Waals surface area contributed by atoms with Gasteiger partial charge in [0.05, 0.1) is 5.92 Å². The second kappa shape index (κ2) is 7.51. The van der Waals surface area contributed by atoms with E-state index in [1.54, 1.807) is 11.8 Å². The van der Waals surface area contributed by atoms with Gasteiger partial charge < -0.3 is 10.1 Å². The first-order valence-corrected chi connectivity index (χ1v) is 9.18. The molecule has 0 aliphatic carbocycles. The maximum absolute atomic E-state index is 12.6. The molecule has 1 fully saturated rings. The zero-order valence-corrected chi connectivity index (χ0v) is 14.8. The van der Waals surface area contributed by atoms with E-state index in [-0.39, 0.29) is 11.9 Å². The van der Waals surface area contributed by atoms with Crippen molar-refractivity contribution in [1.29, 1.82) is 0 Å². The minimum Gasteiger partial charge on any atom is -0.460 e. The molecule has 2 rings (SSSR count). The summed E-state index contributed by atoms with van der Waals surface area (Å²) in [5, 5.41) is 3.37. The van der Waals surface area contributed by atoms with Gasteiger partial charge in [-0.1, -0.05) is 12.1 Å². The molecule has 0 bridgehead atoms. The van der Waals surface area contributed by atoms with E-state index < -0.39 is 5.60 Å². The molecule has 0 amide bonds. The fourth-order valence-electron chi connectivity index (χ4n) is 2.89. The molecule has 4 heteroatoms. The van der Waals surface area contributed by atoms with Gasteiger partial charge in [0.1, 0.15) is 5.60 Å². The minimum absolute atomic E-state index is 0.0595. The number of hydrogen-bond donors (Lipinski definition) is 1. The van der Waals surface area contributed by atoms with Crippen LogP contribution in [-0.2, 0) is 16.0 Å². The van der Waals surface area contributed by atoms with Crippen molar-refractivity contribution in [2.45, 2.75) is 44.1 Å². The van der Waals surface area contributed by atoms with Gasteiger partial charge in [-0.25, -0.2) is 0 Å². The van der Waals surface area contributed by atoms with Gasteiger partial charge in [0.15, 0.2) is 0 Å². The Kier molecular flexibility index (Phi) is 5.93. The molecular formula is C18H27NO2S. The van der Waals surface area contributed by atoms with Gasteiger partial charge in [-0.3, -0.25) is 4.79 Å². The summed E-state index contributed by atoms with van der Waals surface area (Å²) in [6.07, 6.45) is 3.88. The number of thioether (sulfide) groups is 1. The highest BCUT2D eigenvalue weighted by molar-refractivity contribution is 7.98. The summed E-state index contributed by atoms with van der Waals surface area (Å²) in [7, 11) is 0. The Hall–Kier alpha value is -1.00. The molecule has 1 heterocycles. The molecule has 0 saturated carbocycles. The van der Waals surface area contributed by atoms with Gasteiger partial charge in [0, 0.05) is 4.90 Å². The molecule has 1 aromatic rings. The van der Waals surface area contributed by atoms with E-state index in [4.69, 9.17) is 4.74 Å². The van der Waals surface area contributed by atoms with Crippen molar-refractivity contribution in [3.8, 4) is 0 Å². The van der Waals surface area contributed by atoms with E-state index in [0.717, 1.165) is 25.9 Å². The van der Waals surface area contributed by atoms with Crippen LogP contribution in [0.15, 0.2) is 29.2 Å². The Morgan fingerprint density at radius 2 is 2.23 bits per heavy atom. The highest BCUT2D eigenvalue weighted by atomic mass is 32.2. The summed E-state index contributed by atoms with van der Waals surface area (Å²) in [6, 6.07) is 8.47. The lowest BCUT2D eigenvalue weighted by Crippen LogP contribution is -2.34. The lowest BCUT2D eigenvalue weighted by molar-refractivity contribution is -0.161. The summed E-state index contributed by atoms with van der Waals surface area (Å²) >= 11 is 1.73. The van der Waals surface area contributed by atoms with Crippen molar-refractivity contribution >= 4 is 17.7 Å². The molecule has 1 aliphatic heterocycles. The predicted molar refractivity (Wildman–Crippen MR) is 92.2 cm³/mol. The summed E-state index contributed by atoms with van der Waals surface area (Å²) in [5.74, 6) is 0.245. The lowest BCUT2D eigenvalue weighted by Gasteiger charge is -2.27. The predicted octanol–water partition coefficient (Wildman–Crippen LogP) is 3.52. The van der Waals surface area contributed by atoms with Gasteiger partial charge in [-0.2, -0.15) is 0 Å². The van der Waals surface area contributed by atoms with Crippen LogP contribution in [0.2, 0.25) is 0 Å². The minimum atomic E-state index is -0.428. The van der Waals surface area contributed by atoms with E-state index in [2.05, 4.69) is 35.8 Å². The first-order chi connectivity index (χ1) is 10.4. The van der Waals surface area contributed by atoms with Gasteiger partial charge in [-0.05, 0) is 76.6 Å². The molecule has 0 spiro atoms. The van der Waals surface area contributed by atoms with Crippen molar-refractivity contribution in [2.24, 2.45) is 11.8 Å². The summed E-state index contributed by atoms with van der Waals surface area (Å²) in [5.41, 5.74) is 0.789. The zero-order chi connectivity index (χ0) is 16.2. The van der Waals surface area contributed by atoms with Crippen LogP contribution in [-0.4, -0.2) is 30.9 Å². The van der Waals surface area contributed by atoms with Crippen molar-refractivity contribution in [2.75, 3.05) is 19.3 Å². The average molecular weight is 321 g/mol. The van der Waals surface area contributed by atoms with Crippen LogP contribution >= 0.6 is 11.8 Å². The van der Waals surface area contributed by atoms with Gasteiger partial charge in [0.2, 0.25) is 0 Å².